The summed E-state index contributed by atoms with van der Waals surface area (Å²) < 4.78 is 0. The smallest absolute Gasteiger partial charge is 0.0654 e. The quantitative estimate of drug-likeness (QED) is 0.254. The third-order valence-electron chi connectivity index (χ3n) is 6.18. The van der Waals surface area contributed by atoms with Crippen molar-refractivity contribution < 1.29 is 0 Å². The Labute approximate surface area is 170 Å². The minimum atomic E-state index is -0.262. The van der Waals surface area contributed by atoms with Gasteiger partial charge in [0.25, 0.3) is 0 Å². The summed E-state index contributed by atoms with van der Waals surface area (Å²) in [5.41, 5.74) is 5.10. The average Bonchev–Trinajstić information content (AvgIpc) is 2.73. The van der Waals surface area contributed by atoms with E-state index in [1.54, 1.807) is 0 Å². The van der Waals surface area contributed by atoms with Crippen molar-refractivity contribution in [3.63, 3.8) is 0 Å². The van der Waals surface area contributed by atoms with Crippen LogP contribution in [0, 0.1) is 6.92 Å². The molecule has 1 unspecified atom stereocenters. The molecule has 0 spiro atoms. The minimum Gasteiger partial charge on any atom is -0.0654 e. The van der Waals surface area contributed by atoms with E-state index in [1.165, 1.54) is 43.8 Å². The monoisotopic (exact) mass is 362 g/mol. The van der Waals surface area contributed by atoms with E-state index in [-0.39, 0.29) is 5.31 Å². The normalized spacial score (nSPS) is 13.7. The van der Waals surface area contributed by atoms with Crippen LogP contribution in [0.25, 0.3) is 32.7 Å². The molecule has 0 N–H and O–H groups in total. The molecule has 0 saturated carbocycles. The van der Waals surface area contributed by atoms with Gasteiger partial charge in [0.05, 0.1) is 7.85 Å². The Hall–Kier alpha value is -2.54. The maximum absolute atomic E-state index is 6.88. The van der Waals surface area contributed by atoms with E-state index in [1.807, 2.05) is 0 Å². The van der Waals surface area contributed by atoms with E-state index >= 15 is 0 Å². The summed E-state index contributed by atoms with van der Waals surface area (Å²) in [5, 5.41) is 4.93. The van der Waals surface area contributed by atoms with Crippen LogP contribution in [0.1, 0.15) is 44.2 Å². The van der Waals surface area contributed by atoms with Gasteiger partial charge in [-0.25, -0.2) is 0 Å². The summed E-state index contributed by atoms with van der Waals surface area (Å²) in [6, 6.07) is 26.5. The molecule has 1 heteroatoms. The summed E-state index contributed by atoms with van der Waals surface area (Å²) in [5.74, 6) is 0. The first-order valence-corrected chi connectivity index (χ1v) is 10.4. The summed E-state index contributed by atoms with van der Waals surface area (Å²) in [7, 11) is 6.88. The van der Waals surface area contributed by atoms with Crippen molar-refractivity contribution in [1.82, 2.24) is 0 Å². The lowest BCUT2D eigenvalue weighted by Gasteiger charge is -2.31. The van der Waals surface area contributed by atoms with Crippen molar-refractivity contribution >= 4 is 29.4 Å². The van der Waals surface area contributed by atoms with Crippen molar-refractivity contribution in [1.29, 1.82) is 0 Å². The lowest BCUT2D eigenvalue weighted by atomic mass is 9.59. The van der Waals surface area contributed by atoms with E-state index in [9.17, 15) is 0 Å². The summed E-state index contributed by atoms with van der Waals surface area (Å²) >= 11 is 0. The minimum absolute atomic E-state index is 0.262. The van der Waals surface area contributed by atoms with Crippen LogP contribution in [0.3, 0.4) is 0 Å². The zero-order valence-electron chi connectivity index (χ0n) is 17.1. The third-order valence-corrected chi connectivity index (χ3v) is 6.18. The van der Waals surface area contributed by atoms with Gasteiger partial charge in [0.2, 0.25) is 0 Å². The van der Waals surface area contributed by atoms with Crippen LogP contribution in [-0.2, 0) is 5.31 Å². The Bertz CT molecular complexity index is 1140. The molecule has 4 aromatic carbocycles. The Morgan fingerprint density at radius 2 is 1.46 bits per heavy atom. The van der Waals surface area contributed by atoms with Crippen LogP contribution in [0.2, 0.25) is 0 Å². The highest BCUT2D eigenvalue weighted by Crippen LogP contribution is 2.38. The highest BCUT2D eigenvalue weighted by Gasteiger charge is 2.25. The first kappa shape index (κ1) is 18.8. The van der Waals surface area contributed by atoms with E-state index in [4.69, 9.17) is 7.85 Å². The number of fused-ring (bicyclic) bond motifs is 3. The second-order valence-corrected chi connectivity index (χ2v) is 7.98. The van der Waals surface area contributed by atoms with Gasteiger partial charge in [0.15, 0.2) is 0 Å². The Morgan fingerprint density at radius 3 is 2.18 bits per heavy atom. The number of hydrogen-bond acceptors (Lipinski definition) is 0. The van der Waals surface area contributed by atoms with Gasteiger partial charge in [-0.1, -0.05) is 99.8 Å². The molecule has 1 atom stereocenters. The molecule has 4 aromatic rings. The molecule has 0 aliphatic heterocycles. The van der Waals surface area contributed by atoms with Gasteiger partial charge in [0, 0.05) is 0 Å². The summed E-state index contributed by atoms with van der Waals surface area (Å²) in [6.07, 6.45) is 3.04. The average molecular weight is 362 g/mol. The zero-order chi connectivity index (χ0) is 19.7. The highest BCUT2D eigenvalue weighted by molar-refractivity contribution is 6.16. The first-order valence-electron chi connectivity index (χ1n) is 10.4. The summed E-state index contributed by atoms with van der Waals surface area (Å²) in [6.45, 7) is 6.60. The zero-order valence-corrected chi connectivity index (χ0v) is 17.1. The predicted octanol–water partition coefficient (Wildman–Crippen LogP) is 7.54. The molecule has 4 rings (SSSR count). The van der Waals surface area contributed by atoms with Gasteiger partial charge >= 0.3 is 0 Å². The number of aryl methyl sites for hydroxylation is 1. The molecule has 0 saturated heterocycles. The molecule has 0 fully saturated rings. The summed E-state index contributed by atoms with van der Waals surface area (Å²) in [4.78, 5) is 0. The fourth-order valence-corrected chi connectivity index (χ4v) is 4.57. The van der Waals surface area contributed by atoms with Crippen molar-refractivity contribution in [3.8, 4) is 11.1 Å². The highest BCUT2D eigenvalue weighted by atomic mass is 14.3. The van der Waals surface area contributed by atoms with Gasteiger partial charge in [-0.2, -0.15) is 0 Å². The lowest BCUT2D eigenvalue weighted by molar-refractivity contribution is 0.525. The molecule has 0 heterocycles. The Morgan fingerprint density at radius 1 is 0.786 bits per heavy atom. The molecule has 138 valence electrons. The van der Waals surface area contributed by atoms with Crippen molar-refractivity contribution in [2.24, 2.45) is 0 Å². The second kappa shape index (κ2) is 7.47. The van der Waals surface area contributed by atoms with E-state index in [0.29, 0.717) is 0 Å². The molecule has 0 aliphatic carbocycles. The molecule has 2 radical (unpaired) electrons. The van der Waals surface area contributed by atoms with Crippen molar-refractivity contribution in [2.75, 3.05) is 0 Å². The maximum atomic E-state index is 6.88. The Balaban J connectivity index is 1.99. The van der Waals surface area contributed by atoms with Crippen LogP contribution in [-0.4, -0.2) is 7.85 Å². The van der Waals surface area contributed by atoms with Crippen molar-refractivity contribution in [2.45, 2.75) is 45.3 Å². The van der Waals surface area contributed by atoms with Crippen molar-refractivity contribution in [3.05, 3.63) is 83.9 Å². The molecule has 0 aromatic heterocycles. The standard InChI is InChI=1S/C27H27B/c1-4-16-27(28,5-2)26-18-21(15-14-19(26)3)25-17-20-10-6-7-11-22(20)23-12-8-9-13-24(23)25/h6-15,17-18H,4-5,16H2,1-3H3. The Kier molecular flexibility index (Phi) is 5.02. The molecule has 0 bridgehead atoms. The number of rotatable bonds is 5. The molecule has 0 aliphatic rings. The van der Waals surface area contributed by atoms with Crippen LogP contribution >= 0.6 is 0 Å². The molecule has 0 nitrogen and oxygen atoms in total. The number of hydrogen-bond donors (Lipinski definition) is 0. The predicted molar refractivity (Wildman–Crippen MR) is 124 cm³/mol. The van der Waals surface area contributed by atoms with Gasteiger partial charge < -0.3 is 0 Å². The third kappa shape index (κ3) is 3.13. The molecule has 28 heavy (non-hydrogen) atoms. The largest absolute Gasteiger partial charge is 0.0810 e. The lowest BCUT2D eigenvalue weighted by Crippen LogP contribution is -2.26. The van der Waals surface area contributed by atoms with Gasteiger partial charge in [-0.3, -0.25) is 0 Å². The van der Waals surface area contributed by atoms with Crippen LogP contribution < -0.4 is 0 Å². The van der Waals surface area contributed by atoms with E-state index in [2.05, 4.69) is 93.6 Å². The maximum Gasteiger partial charge on any atom is 0.0810 e. The van der Waals surface area contributed by atoms with Gasteiger partial charge in [-0.05, 0) is 62.1 Å². The van der Waals surface area contributed by atoms with Gasteiger partial charge in [0.1, 0.15) is 0 Å². The van der Waals surface area contributed by atoms with Crippen LogP contribution in [0.5, 0.6) is 0 Å². The van der Waals surface area contributed by atoms with E-state index in [0.717, 1.165) is 19.3 Å². The van der Waals surface area contributed by atoms with Crippen LogP contribution in [0.15, 0.2) is 72.8 Å². The molecule has 0 amide bonds. The topological polar surface area (TPSA) is 0 Å². The first-order chi connectivity index (χ1) is 13.6. The van der Waals surface area contributed by atoms with Gasteiger partial charge in [-0.15, -0.1) is 0 Å². The van der Waals surface area contributed by atoms with Crippen LogP contribution in [0.4, 0.5) is 0 Å². The second-order valence-electron chi connectivity index (χ2n) is 7.98. The fourth-order valence-electron chi connectivity index (χ4n) is 4.57. The number of benzene rings is 4. The molecular formula is C27H27B. The molecular weight excluding hydrogens is 335 g/mol. The van der Waals surface area contributed by atoms with E-state index < -0.39 is 0 Å². The fraction of sp³-hybridized carbons (Fsp3) is 0.259. The SMILES string of the molecule is [B]C(CC)(CCC)c1cc(-c2cc3ccccc3c3ccccc23)ccc1C.